The molecule has 4 nitrogen and oxygen atoms in total. The molecule has 0 spiro atoms. The lowest BCUT2D eigenvalue weighted by atomic mass is 9.97. The standard InChI is InChI=1S/C21H29NO3/c1-21(2,3)20(23)24-14-13-22(4)18-11-8-12-19(15-18)25-16-17-9-6-5-7-10-17/h5-7,9-10,12,15H,8,11,13-14,16H2,1-4H3. The van der Waals surface area contributed by atoms with Crippen LogP contribution in [0.5, 0.6) is 0 Å². The third kappa shape index (κ3) is 6.29. The van der Waals surface area contributed by atoms with E-state index in [1.165, 1.54) is 5.70 Å². The van der Waals surface area contributed by atoms with Crippen LogP contribution in [0.3, 0.4) is 0 Å². The minimum absolute atomic E-state index is 0.162. The predicted molar refractivity (Wildman–Crippen MR) is 99.7 cm³/mol. The van der Waals surface area contributed by atoms with Crippen LogP contribution in [0.2, 0.25) is 0 Å². The van der Waals surface area contributed by atoms with E-state index in [0.717, 1.165) is 24.2 Å². The zero-order valence-corrected chi connectivity index (χ0v) is 15.7. The fourth-order valence-corrected chi connectivity index (χ4v) is 2.44. The lowest BCUT2D eigenvalue weighted by molar-refractivity contribution is -0.153. The quantitative estimate of drug-likeness (QED) is 0.693. The molecule has 0 N–H and O–H groups in total. The molecule has 0 unspecified atom stereocenters. The maximum atomic E-state index is 11.8. The van der Waals surface area contributed by atoms with Gasteiger partial charge in [0.15, 0.2) is 0 Å². The van der Waals surface area contributed by atoms with Crippen molar-refractivity contribution in [1.82, 2.24) is 4.90 Å². The van der Waals surface area contributed by atoms with E-state index in [1.54, 1.807) is 0 Å². The van der Waals surface area contributed by atoms with Gasteiger partial charge in [-0.3, -0.25) is 4.79 Å². The zero-order valence-electron chi connectivity index (χ0n) is 15.7. The average molecular weight is 343 g/mol. The summed E-state index contributed by atoms with van der Waals surface area (Å²) in [5.74, 6) is 0.744. The molecule has 1 aromatic rings. The number of rotatable bonds is 7. The van der Waals surface area contributed by atoms with Crippen LogP contribution in [0.15, 0.2) is 53.9 Å². The smallest absolute Gasteiger partial charge is 0.311 e. The first-order chi connectivity index (χ1) is 11.9. The Morgan fingerprint density at radius 3 is 2.60 bits per heavy atom. The molecule has 0 fully saturated rings. The largest absolute Gasteiger partial charge is 0.489 e. The monoisotopic (exact) mass is 343 g/mol. The van der Waals surface area contributed by atoms with Crippen LogP contribution in [0.1, 0.15) is 39.2 Å². The summed E-state index contributed by atoms with van der Waals surface area (Å²) in [6, 6.07) is 10.2. The molecular formula is C21H29NO3. The number of hydrogen-bond acceptors (Lipinski definition) is 4. The van der Waals surface area contributed by atoms with E-state index in [0.29, 0.717) is 19.8 Å². The van der Waals surface area contributed by atoms with Gasteiger partial charge in [-0.1, -0.05) is 30.3 Å². The molecule has 1 aromatic carbocycles. The van der Waals surface area contributed by atoms with Gasteiger partial charge in [-0.15, -0.1) is 0 Å². The van der Waals surface area contributed by atoms with Crippen LogP contribution in [-0.2, 0) is 20.9 Å². The minimum atomic E-state index is -0.455. The molecule has 4 heteroatoms. The molecule has 136 valence electrons. The lowest BCUT2D eigenvalue weighted by Crippen LogP contribution is -2.28. The van der Waals surface area contributed by atoms with Crippen molar-refractivity contribution in [3.05, 3.63) is 59.5 Å². The van der Waals surface area contributed by atoms with Crippen LogP contribution in [0, 0.1) is 5.41 Å². The Balaban J connectivity index is 1.81. The van der Waals surface area contributed by atoms with Crippen molar-refractivity contribution in [2.75, 3.05) is 20.2 Å². The number of hydrogen-bond donors (Lipinski definition) is 0. The van der Waals surface area contributed by atoms with Gasteiger partial charge in [0.25, 0.3) is 0 Å². The topological polar surface area (TPSA) is 38.8 Å². The first-order valence-electron chi connectivity index (χ1n) is 8.82. The van der Waals surface area contributed by atoms with Crippen LogP contribution < -0.4 is 0 Å². The van der Waals surface area contributed by atoms with Gasteiger partial charge < -0.3 is 14.4 Å². The summed E-state index contributed by atoms with van der Waals surface area (Å²) in [7, 11) is 2.02. The zero-order chi connectivity index (χ0) is 18.3. The van der Waals surface area contributed by atoms with Gasteiger partial charge in [0.05, 0.1) is 12.0 Å². The number of carbonyl (C=O) groups is 1. The fraction of sp³-hybridized carbons (Fsp3) is 0.476. The maximum Gasteiger partial charge on any atom is 0.311 e. The molecule has 0 radical (unpaired) electrons. The Hall–Kier alpha value is -2.23. The second-order valence-electron chi connectivity index (χ2n) is 7.36. The maximum absolute atomic E-state index is 11.8. The molecule has 0 saturated carbocycles. The van der Waals surface area contributed by atoms with Gasteiger partial charge in [-0.05, 0) is 51.3 Å². The Morgan fingerprint density at radius 1 is 1.20 bits per heavy atom. The minimum Gasteiger partial charge on any atom is -0.489 e. The third-order valence-electron chi connectivity index (χ3n) is 4.07. The number of ether oxygens (including phenoxy) is 2. The summed E-state index contributed by atoms with van der Waals surface area (Å²) < 4.78 is 11.3. The molecule has 25 heavy (non-hydrogen) atoms. The molecule has 2 rings (SSSR count). The van der Waals surface area contributed by atoms with E-state index in [4.69, 9.17) is 9.47 Å². The molecule has 1 aliphatic rings. The van der Waals surface area contributed by atoms with Crippen molar-refractivity contribution in [3.63, 3.8) is 0 Å². The fourth-order valence-electron chi connectivity index (χ4n) is 2.44. The van der Waals surface area contributed by atoms with Gasteiger partial charge >= 0.3 is 5.97 Å². The molecule has 0 saturated heterocycles. The number of allylic oxidation sites excluding steroid dienone is 3. The molecule has 0 heterocycles. The second kappa shape index (κ2) is 8.75. The molecule has 0 amide bonds. The molecule has 0 bridgehead atoms. The number of likely N-dealkylation sites (N-methyl/N-ethyl adjacent to an activating group) is 1. The van der Waals surface area contributed by atoms with E-state index in [2.05, 4.69) is 29.2 Å². The first kappa shape index (κ1) is 19.1. The van der Waals surface area contributed by atoms with Gasteiger partial charge in [0, 0.05) is 12.7 Å². The Labute approximate surface area is 151 Å². The second-order valence-corrected chi connectivity index (χ2v) is 7.36. The predicted octanol–water partition coefficient (Wildman–Crippen LogP) is 4.29. The highest BCUT2D eigenvalue weighted by molar-refractivity contribution is 5.75. The normalized spacial score (nSPS) is 14.4. The number of benzene rings is 1. The van der Waals surface area contributed by atoms with Gasteiger partial charge in [-0.2, -0.15) is 0 Å². The van der Waals surface area contributed by atoms with Crippen molar-refractivity contribution in [3.8, 4) is 0 Å². The average Bonchev–Trinajstić information content (AvgIpc) is 2.60. The van der Waals surface area contributed by atoms with Gasteiger partial charge in [-0.25, -0.2) is 0 Å². The third-order valence-corrected chi connectivity index (χ3v) is 4.07. The van der Waals surface area contributed by atoms with Crippen molar-refractivity contribution in [2.45, 2.75) is 40.2 Å². The molecule has 1 aliphatic carbocycles. The highest BCUT2D eigenvalue weighted by atomic mass is 16.5. The van der Waals surface area contributed by atoms with Crippen LogP contribution in [0.25, 0.3) is 0 Å². The summed E-state index contributed by atoms with van der Waals surface area (Å²) in [5.41, 5.74) is 1.91. The highest BCUT2D eigenvalue weighted by Crippen LogP contribution is 2.21. The summed E-state index contributed by atoms with van der Waals surface area (Å²) >= 11 is 0. The summed E-state index contributed by atoms with van der Waals surface area (Å²) in [6.07, 6.45) is 6.14. The Kier molecular flexibility index (Phi) is 6.68. The highest BCUT2D eigenvalue weighted by Gasteiger charge is 2.23. The molecule has 0 aromatic heterocycles. The van der Waals surface area contributed by atoms with E-state index < -0.39 is 5.41 Å². The van der Waals surface area contributed by atoms with E-state index in [1.807, 2.05) is 46.0 Å². The van der Waals surface area contributed by atoms with E-state index in [-0.39, 0.29) is 5.97 Å². The lowest BCUT2D eigenvalue weighted by Gasteiger charge is -2.26. The summed E-state index contributed by atoms with van der Waals surface area (Å²) in [5, 5.41) is 0. The number of carbonyl (C=O) groups excluding carboxylic acids is 1. The first-order valence-corrected chi connectivity index (χ1v) is 8.82. The molecular weight excluding hydrogens is 314 g/mol. The van der Waals surface area contributed by atoms with Gasteiger partial charge in [0.2, 0.25) is 0 Å². The van der Waals surface area contributed by atoms with Gasteiger partial charge in [0.1, 0.15) is 19.0 Å². The Morgan fingerprint density at radius 2 is 1.92 bits per heavy atom. The summed E-state index contributed by atoms with van der Waals surface area (Å²) in [6.45, 7) is 7.24. The Bertz CT molecular complexity index is 626. The molecule has 0 atom stereocenters. The summed E-state index contributed by atoms with van der Waals surface area (Å²) in [4.78, 5) is 13.9. The van der Waals surface area contributed by atoms with Crippen molar-refractivity contribution in [1.29, 1.82) is 0 Å². The van der Waals surface area contributed by atoms with Crippen LogP contribution in [0.4, 0.5) is 0 Å². The van der Waals surface area contributed by atoms with Crippen molar-refractivity contribution >= 4 is 5.97 Å². The van der Waals surface area contributed by atoms with E-state index >= 15 is 0 Å². The number of nitrogens with zero attached hydrogens (tertiary/aromatic N) is 1. The van der Waals surface area contributed by atoms with Crippen molar-refractivity contribution in [2.24, 2.45) is 5.41 Å². The SMILES string of the molecule is CN(CCOC(=O)C(C)(C)C)C1=CC(OCc2ccccc2)=CCC1. The van der Waals surface area contributed by atoms with E-state index in [9.17, 15) is 4.79 Å². The van der Waals surface area contributed by atoms with Crippen LogP contribution >= 0.6 is 0 Å². The van der Waals surface area contributed by atoms with Crippen molar-refractivity contribution < 1.29 is 14.3 Å². The molecule has 0 aliphatic heterocycles. The number of esters is 1. The van der Waals surface area contributed by atoms with Crippen LogP contribution in [-0.4, -0.2) is 31.1 Å².